The minimum Gasteiger partial charge on any atom is -0.394 e. The number of aliphatic hydroxyl groups is 3. The van der Waals surface area contributed by atoms with Crippen molar-refractivity contribution in [3.05, 3.63) is 12.4 Å². The number of aliphatic hydroxyl groups excluding tert-OH is 3. The highest BCUT2D eigenvalue weighted by Crippen LogP contribution is 2.31. The first kappa shape index (κ1) is 13.1. The summed E-state index contributed by atoms with van der Waals surface area (Å²) in [5.41, 5.74) is 5.71. The maximum absolute atomic E-state index is 13.2. The number of nitrogen functional groups attached to an aromatic ring is 1. The van der Waals surface area contributed by atoms with Crippen molar-refractivity contribution in [3.63, 3.8) is 0 Å². The average Bonchev–Trinajstić information content (AvgIpc) is 2.93. The lowest BCUT2D eigenvalue weighted by molar-refractivity contribution is -0.0511. The lowest BCUT2D eigenvalue weighted by atomic mass is 10.1. The molecular formula is C10H12FN5O4. The van der Waals surface area contributed by atoms with Gasteiger partial charge in [0, 0.05) is 0 Å². The summed E-state index contributed by atoms with van der Waals surface area (Å²) in [5.74, 6) is -0.141. The molecule has 9 nitrogen and oxygen atoms in total. The van der Waals surface area contributed by atoms with Crippen LogP contribution in [0.5, 0.6) is 0 Å². The molecule has 0 aliphatic carbocycles. The average molecular weight is 285 g/mol. The topological polar surface area (TPSA) is 140 Å². The molecule has 0 bridgehead atoms. The molecular weight excluding hydrogens is 273 g/mol. The third-order valence-corrected chi connectivity index (χ3v) is 3.21. The number of fused-ring (bicyclic) bond motifs is 1. The van der Waals surface area contributed by atoms with Gasteiger partial charge in [-0.25, -0.2) is 4.98 Å². The van der Waals surface area contributed by atoms with Crippen LogP contribution in [-0.2, 0) is 4.74 Å². The summed E-state index contributed by atoms with van der Waals surface area (Å²) in [6.45, 7) is -0.465. The molecule has 1 unspecified atom stereocenters. The second kappa shape index (κ2) is 4.59. The summed E-state index contributed by atoms with van der Waals surface area (Å²) in [6, 6.07) is 0. The molecule has 10 heteroatoms. The molecule has 3 heterocycles. The van der Waals surface area contributed by atoms with Gasteiger partial charge in [0.15, 0.2) is 23.2 Å². The normalized spacial score (nSPS) is 30.2. The molecule has 1 fully saturated rings. The van der Waals surface area contributed by atoms with Gasteiger partial charge in [0.1, 0.15) is 18.3 Å². The molecule has 108 valence electrons. The second-order valence-corrected chi connectivity index (χ2v) is 4.43. The molecule has 1 aliphatic rings. The Morgan fingerprint density at radius 1 is 1.35 bits per heavy atom. The Bertz CT molecular complexity index is 650. The largest absolute Gasteiger partial charge is 0.394 e. The Kier molecular flexibility index (Phi) is 3.01. The number of nitrogens with zero attached hydrogens (tertiary/aromatic N) is 4. The SMILES string of the molecule is Nc1nc(F)nc2c1ncn2C1O[C@H](CO)[C@@H](O)[C@H]1O. The molecule has 5 N–H and O–H groups in total. The third-order valence-electron chi connectivity index (χ3n) is 3.21. The third kappa shape index (κ3) is 1.81. The number of halogens is 1. The van der Waals surface area contributed by atoms with E-state index in [-0.39, 0.29) is 17.0 Å². The fourth-order valence-electron chi connectivity index (χ4n) is 2.21. The maximum atomic E-state index is 13.2. The fourth-order valence-corrected chi connectivity index (χ4v) is 2.21. The van der Waals surface area contributed by atoms with Gasteiger partial charge in [-0.1, -0.05) is 0 Å². The van der Waals surface area contributed by atoms with Gasteiger partial charge < -0.3 is 25.8 Å². The quantitative estimate of drug-likeness (QED) is 0.472. The van der Waals surface area contributed by atoms with Crippen molar-refractivity contribution >= 4 is 17.0 Å². The number of nitrogens with two attached hydrogens (primary N) is 1. The van der Waals surface area contributed by atoms with E-state index >= 15 is 0 Å². The molecule has 0 aromatic carbocycles. The van der Waals surface area contributed by atoms with Gasteiger partial charge >= 0.3 is 6.08 Å². The summed E-state index contributed by atoms with van der Waals surface area (Å²) in [5, 5.41) is 28.7. The zero-order valence-corrected chi connectivity index (χ0v) is 10.1. The number of aromatic nitrogens is 4. The number of hydrogen-bond acceptors (Lipinski definition) is 8. The minimum absolute atomic E-state index is 0.0323. The van der Waals surface area contributed by atoms with E-state index in [2.05, 4.69) is 15.0 Å². The van der Waals surface area contributed by atoms with E-state index in [1.54, 1.807) is 0 Å². The van der Waals surface area contributed by atoms with E-state index in [4.69, 9.17) is 15.6 Å². The Morgan fingerprint density at radius 2 is 2.10 bits per heavy atom. The van der Waals surface area contributed by atoms with Crippen LogP contribution in [-0.4, -0.2) is 59.8 Å². The summed E-state index contributed by atoms with van der Waals surface area (Å²) in [6.07, 6.45) is -4.38. The van der Waals surface area contributed by atoms with E-state index in [9.17, 15) is 14.6 Å². The maximum Gasteiger partial charge on any atom is 0.312 e. The predicted octanol–water partition coefficient (Wildman–Crippen LogP) is -1.84. The Morgan fingerprint density at radius 3 is 2.75 bits per heavy atom. The Labute approximate surface area is 111 Å². The number of rotatable bonds is 2. The highest BCUT2D eigenvalue weighted by atomic mass is 19.1. The first-order valence-electron chi connectivity index (χ1n) is 5.81. The molecule has 4 atom stereocenters. The van der Waals surface area contributed by atoms with E-state index in [0.29, 0.717) is 0 Å². The zero-order chi connectivity index (χ0) is 14.4. The van der Waals surface area contributed by atoms with Crippen LogP contribution in [0.4, 0.5) is 10.2 Å². The van der Waals surface area contributed by atoms with E-state index < -0.39 is 37.2 Å². The second-order valence-electron chi connectivity index (χ2n) is 4.43. The zero-order valence-electron chi connectivity index (χ0n) is 10.1. The number of anilines is 1. The number of imidazole rings is 1. The van der Waals surface area contributed by atoms with Crippen molar-refractivity contribution in [1.82, 2.24) is 19.5 Å². The summed E-state index contributed by atoms with van der Waals surface area (Å²) < 4.78 is 19.8. The minimum atomic E-state index is -1.32. The Balaban J connectivity index is 2.07. The first-order valence-corrected chi connectivity index (χ1v) is 5.81. The van der Waals surface area contributed by atoms with Crippen LogP contribution in [0.2, 0.25) is 0 Å². The van der Waals surface area contributed by atoms with Gasteiger partial charge in [-0.3, -0.25) is 4.57 Å². The van der Waals surface area contributed by atoms with Gasteiger partial charge in [-0.2, -0.15) is 14.4 Å². The monoisotopic (exact) mass is 285 g/mol. The van der Waals surface area contributed by atoms with Crippen LogP contribution in [0, 0.1) is 6.08 Å². The van der Waals surface area contributed by atoms with Crippen molar-refractivity contribution in [3.8, 4) is 0 Å². The molecule has 2 aromatic rings. The van der Waals surface area contributed by atoms with Crippen molar-refractivity contribution < 1.29 is 24.4 Å². The lowest BCUT2D eigenvalue weighted by Gasteiger charge is -2.16. The highest BCUT2D eigenvalue weighted by Gasteiger charge is 2.44. The smallest absolute Gasteiger partial charge is 0.312 e. The summed E-state index contributed by atoms with van der Waals surface area (Å²) >= 11 is 0. The number of hydrogen-bond donors (Lipinski definition) is 4. The van der Waals surface area contributed by atoms with Crippen LogP contribution in [0.1, 0.15) is 6.23 Å². The van der Waals surface area contributed by atoms with Gasteiger partial charge in [-0.05, 0) is 0 Å². The van der Waals surface area contributed by atoms with E-state index in [1.807, 2.05) is 0 Å². The lowest BCUT2D eigenvalue weighted by Crippen LogP contribution is -2.33. The molecule has 0 saturated carbocycles. The van der Waals surface area contributed by atoms with Gasteiger partial charge in [0.25, 0.3) is 0 Å². The van der Waals surface area contributed by atoms with E-state index in [1.165, 1.54) is 10.9 Å². The molecule has 20 heavy (non-hydrogen) atoms. The summed E-state index contributed by atoms with van der Waals surface area (Å²) in [4.78, 5) is 10.8. The molecule has 2 aromatic heterocycles. The molecule has 1 saturated heterocycles. The van der Waals surface area contributed by atoms with E-state index in [0.717, 1.165) is 0 Å². The molecule has 1 aliphatic heterocycles. The fraction of sp³-hybridized carbons (Fsp3) is 0.500. The first-order chi connectivity index (χ1) is 9.52. The Hall–Kier alpha value is -1.88. The number of ether oxygens (including phenoxy) is 1. The molecule has 0 spiro atoms. The van der Waals surface area contributed by atoms with Crippen LogP contribution in [0.3, 0.4) is 0 Å². The molecule has 3 rings (SSSR count). The van der Waals surface area contributed by atoms with Crippen molar-refractivity contribution in [2.45, 2.75) is 24.5 Å². The van der Waals surface area contributed by atoms with Gasteiger partial charge in [-0.15, -0.1) is 0 Å². The van der Waals surface area contributed by atoms with Gasteiger partial charge in [0.05, 0.1) is 12.9 Å². The predicted molar refractivity (Wildman–Crippen MR) is 62.7 cm³/mol. The highest BCUT2D eigenvalue weighted by molar-refractivity contribution is 5.81. The molecule has 0 radical (unpaired) electrons. The van der Waals surface area contributed by atoms with Crippen LogP contribution in [0.25, 0.3) is 11.2 Å². The standard InChI is InChI=1S/C10H12FN5O4/c11-10-14-7(12)4-8(15-10)16(2-13-4)9-6(19)5(18)3(1-17)20-9/h2-3,5-6,9,17-19H,1H2,(H2,12,14,15)/t3-,5-,6-,9?/m1/s1. The molecule has 0 amide bonds. The van der Waals surface area contributed by atoms with Crippen LogP contribution < -0.4 is 5.73 Å². The van der Waals surface area contributed by atoms with Crippen LogP contribution >= 0.6 is 0 Å². The van der Waals surface area contributed by atoms with Crippen molar-refractivity contribution in [2.75, 3.05) is 12.3 Å². The van der Waals surface area contributed by atoms with Crippen LogP contribution in [0.15, 0.2) is 6.33 Å². The summed E-state index contributed by atoms with van der Waals surface area (Å²) in [7, 11) is 0. The van der Waals surface area contributed by atoms with Crippen molar-refractivity contribution in [1.29, 1.82) is 0 Å². The van der Waals surface area contributed by atoms with Crippen molar-refractivity contribution in [2.24, 2.45) is 0 Å². The van der Waals surface area contributed by atoms with Gasteiger partial charge in [0.2, 0.25) is 0 Å².